The van der Waals surface area contributed by atoms with Gasteiger partial charge in [0.15, 0.2) is 0 Å². The van der Waals surface area contributed by atoms with Crippen molar-refractivity contribution in [2.24, 2.45) is 0 Å². The van der Waals surface area contributed by atoms with Crippen LogP contribution in [0.4, 0.5) is 5.69 Å². The van der Waals surface area contributed by atoms with Crippen LogP contribution in [0.25, 0.3) is 10.8 Å². The first-order valence-electron chi connectivity index (χ1n) is 10.5. The molecule has 32 heavy (non-hydrogen) atoms. The normalized spacial score (nSPS) is 13.3. The topological polar surface area (TPSA) is 69.7 Å². The Balaban J connectivity index is 1.67. The van der Waals surface area contributed by atoms with Gasteiger partial charge in [-0.15, -0.1) is 0 Å². The lowest BCUT2D eigenvalue weighted by atomic mass is 10.1. The summed E-state index contributed by atoms with van der Waals surface area (Å²) in [5.74, 6) is -0.791. The van der Waals surface area contributed by atoms with Crippen LogP contribution in [0.15, 0.2) is 60.7 Å². The Bertz CT molecular complexity index is 1200. The zero-order valence-electron chi connectivity index (χ0n) is 18.0. The van der Waals surface area contributed by atoms with Crippen molar-refractivity contribution in [3.05, 3.63) is 76.8 Å². The number of likely N-dealkylation sites (N-methyl/N-ethyl adjacent to an activating group) is 1. The molecule has 1 atom stereocenters. The van der Waals surface area contributed by atoms with Gasteiger partial charge in [0.1, 0.15) is 12.6 Å². The van der Waals surface area contributed by atoms with Crippen LogP contribution in [0.5, 0.6) is 0 Å². The molecule has 0 aliphatic carbocycles. The molecule has 0 radical (unpaired) electrons. The average Bonchev–Trinajstić information content (AvgIpc) is 3.08. The van der Waals surface area contributed by atoms with Crippen LogP contribution in [0.1, 0.15) is 29.3 Å². The van der Waals surface area contributed by atoms with Gasteiger partial charge in [-0.3, -0.25) is 19.3 Å². The number of carbonyl (C=O) groups is 3. The monoisotopic (exact) mass is 449 g/mol. The molecule has 0 aromatic heterocycles. The maximum Gasteiger partial charge on any atom is 0.259 e. The number of rotatable bonds is 7. The van der Waals surface area contributed by atoms with E-state index in [0.29, 0.717) is 22.7 Å². The lowest BCUT2D eigenvalue weighted by Crippen LogP contribution is -2.51. The second-order valence-corrected chi connectivity index (χ2v) is 8.13. The Morgan fingerprint density at radius 3 is 2.47 bits per heavy atom. The Kier molecular flexibility index (Phi) is 6.15. The Morgan fingerprint density at radius 1 is 1.06 bits per heavy atom. The van der Waals surface area contributed by atoms with Crippen molar-refractivity contribution in [3.8, 4) is 0 Å². The van der Waals surface area contributed by atoms with E-state index in [1.54, 1.807) is 19.2 Å². The lowest BCUT2D eigenvalue weighted by Gasteiger charge is -2.32. The Hall–Kier alpha value is -3.38. The zero-order chi connectivity index (χ0) is 22.8. The number of halogens is 1. The van der Waals surface area contributed by atoms with E-state index in [9.17, 15) is 14.4 Å². The molecular weight excluding hydrogens is 426 g/mol. The molecule has 0 fully saturated rings. The third-order valence-corrected chi connectivity index (χ3v) is 6.24. The molecular formula is C25H24ClN3O3. The van der Waals surface area contributed by atoms with Crippen molar-refractivity contribution in [2.75, 3.05) is 18.5 Å². The third kappa shape index (κ3) is 3.82. The maximum atomic E-state index is 13.6. The smallest absolute Gasteiger partial charge is 0.259 e. The van der Waals surface area contributed by atoms with Gasteiger partial charge >= 0.3 is 0 Å². The fourth-order valence-electron chi connectivity index (χ4n) is 4.26. The molecule has 164 valence electrons. The average molecular weight is 450 g/mol. The summed E-state index contributed by atoms with van der Waals surface area (Å²) in [6, 6.07) is 17.8. The summed E-state index contributed by atoms with van der Waals surface area (Å²) in [5.41, 5.74) is 2.03. The number of amides is 3. The van der Waals surface area contributed by atoms with Crippen LogP contribution in [-0.2, 0) is 16.1 Å². The fraction of sp³-hybridized carbons (Fsp3) is 0.240. The van der Waals surface area contributed by atoms with Crippen LogP contribution in [0.2, 0.25) is 5.02 Å². The van der Waals surface area contributed by atoms with Gasteiger partial charge in [0, 0.05) is 29.6 Å². The number of hydrogen-bond acceptors (Lipinski definition) is 3. The van der Waals surface area contributed by atoms with E-state index in [2.05, 4.69) is 5.32 Å². The van der Waals surface area contributed by atoms with Gasteiger partial charge in [0.2, 0.25) is 11.8 Å². The minimum Gasteiger partial charge on any atom is -0.357 e. The lowest BCUT2D eigenvalue weighted by molar-refractivity contribution is -0.140. The number of anilines is 1. The molecule has 7 heteroatoms. The Morgan fingerprint density at radius 2 is 1.78 bits per heavy atom. The molecule has 3 aromatic rings. The van der Waals surface area contributed by atoms with Gasteiger partial charge in [-0.25, -0.2) is 0 Å². The van der Waals surface area contributed by atoms with Crippen molar-refractivity contribution in [1.29, 1.82) is 0 Å². The summed E-state index contributed by atoms with van der Waals surface area (Å²) in [4.78, 5) is 42.3. The summed E-state index contributed by atoms with van der Waals surface area (Å²) in [7, 11) is 1.55. The highest BCUT2D eigenvalue weighted by Gasteiger charge is 2.35. The van der Waals surface area contributed by atoms with Gasteiger partial charge < -0.3 is 10.2 Å². The second-order valence-electron chi connectivity index (χ2n) is 7.72. The highest BCUT2D eigenvalue weighted by atomic mass is 35.5. The molecule has 1 aliphatic heterocycles. The predicted octanol–water partition coefficient (Wildman–Crippen LogP) is 4.01. The van der Waals surface area contributed by atoms with Crippen molar-refractivity contribution < 1.29 is 14.4 Å². The quantitative estimate of drug-likeness (QED) is 0.592. The molecule has 4 rings (SSSR count). The first-order chi connectivity index (χ1) is 15.5. The van der Waals surface area contributed by atoms with Crippen molar-refractivity contribution >= 4 is 45.8 Å². The van der Waals surface area contributed by atoms with Crippen LogP contribution >= 0.6 is 11.6 Å². The molecule has 1 aliphatic rings. The fourth-order valence-corrected chi connectivity index (χ4v) is 4.45. The summed E-state index contributed by atoms with van der Waals surface area (Å²) in [5, 5.41) is 4.96. The predicted molar refractivity (Wildman–Crippen MR) is 126 cm³/mol. The summed E-state index contributed by atoms with van der Waals surface area (Å²) in [6.45, 7) is 1.86. The van der Waals surface area contributed by atoms with E-state index in [1.807, 2.05) is 55.5 Å². The van der Waals surface area contributed by atoms with Crippen molar-refractivity contribution in [1.82, 2.24) is 10.2 Å². The first-order valence-corrected chi connectivity index (χ1v) is 10.9. The van der Waals surface area contributed by atoms with Crippen molar-refractivity contribution in [3.63, 3.8) is 0 Å². The molecule has 1 unspecified atom stereocenters. The molecule has 1 N–H and O–H groups in total. The van der Waals surface area contributed by atoms with E-state index < -0.39 is 6.04 Å². The molecule has 0 saturated heterocycles. The highest BCUT2D eigenvalue weighted by molar-refractivity contribution is 6.31. The first kappa shape index (κ1) is 21.8. The summed E-state index contributed by atoms with van der Waals surface area (Å²) < 4.78 is 0. The summed E-state index contributed by atoms with van der Waals surface area (Å²) >= 11 is 6.34. The minimum absolute atomic E-state index is 0.162. The van der Waals surface area contributed by atoms with Gasteiger partial charge in [-0.2, -0.15) is 0 Å². The van der Waals surface area contributed by atoms with E-state index in [0.717, 1.165) is 16.3 Å². The molecule has 6 nitrogen and oxygen atoms in total. The van der Waals surface area contributed by atoms with Crippen LogP contribution in [0.3, 0.4) is 0 Å². The van der Waals surface area contributed by atoms with Crippen LogP contribution in [0, 0.1) is 0 Å². The summed E-state index contributed by atoms with van der Waals surface area (Å²) in [6.07, 6.45) is 0.430. The standard InChI is InChI=1S/C25H24ClN3O3/c1-3-20(24(31)27-2)28(14-17-8-4-5-12-19(17)26)22(30)15-29-21-13-7-10-16-9-6-11-18(23(16)21)25(29)32/h4-13,20H,3,14-15H2,1-2H3,(H,27,31). The van der Waals surface area contributed by atoms with Gasteiger partial charge in [-0.05, 0) is 35.6 Å². The van der Waals surface area contributed by atoms with Gasteiger partial charge in [0.25, 0.3) is 5.91 Å². The molecule has 3 aromatic carbocycles. The highest BCUT2D eigenvalue weighted by Crippen LogP contribution is 2.37. The molecule has 0 bridgehead atoms. The molecule has 0 saturated carbocycles. The van der Waals surface area contributed by atoms with E-state index in [-0.39, 0.29) is 30.8 Å². The minimum atomic E-state index is -0.681. The second kappa shape index (κ2) is 9.01. The molecule has 0 spiro atoms. The van der Waals surface area contributed by atoms with Gasteiger partial charge in [-0.1, -0.05) is 61.0 Å². The molecule has 1 heterocycles. The van der Waals surface area contributed by atoms with E-state index in [4.69, 9.17) is 11.6 Å². The third-order valence-electron chi connectivity index (χ3n) is 5.87. The van der Waals surface area contributed by atoms with Crippen LogP contribution in [-0.4, -0.2) is 42.3 Å². The molecule has 3 amide bonds. The number of nitrogens with one attached hydrogen (secondary N) is 1. The van der Waals surface area contributed by atoms with Crippen LogP contribution < -0.4 is 10.2 Å². The number of nitrogens with zero attached hydrogens (tertiary/aromatic N) is 2. The number of benzene rings is 3. The zero-order valence-corrected chi connectivity index (χ0v) is 18.7. The largest absolute Gasteiger partial charge is 0.357 e. The van der Waals surface area contributed by atoms with Gasteiger partial charge in [0.05, 0.1) is 5.69 Å². The van der Waals surface area contributed by atoms with E-state index in [1.165, 1.54) is 9.80 Å². The van der Waals surface area contributed by atoms with E-state index >= 15 is 0 Å². The number of carbonyl (C=O) groups excluding carboxylic acids is 3. The maximum absolute atomic E-state index is 13.6. The number of hydrogen-bond donors (Lipinski definition) is 1. The SMILES string of the molecule is CCC(C(=O)NC)N(Cc1ccccc1Cl)C(=O)CN1C(=O)c2cccc3cccc1c23. The Labute approximate surface area is 191 Å². The van der Waals surface area contributed by atoms with Crippen molar-refractivity contribution in [2.45, 2.75) is 25.9 Å².